The SMILES string of the molecule is CCO/N=C/C(C)N. The lowest BCUT2D eigenvalue weighted by Crippen LogP contribution is -2.15. The van der Waals surface area contributed by atoms with Crippen molar-refractivity contribution in [2.45, 2.75) is 19.9 Å². The summed E-state index contributed by atoms with van der Waals surface area (Å²) in [4.78, 5) is 4.63. The summed E-state index contributed by atoms with van der Waals surface area (Å²) in [6, 6.07) is -0.0125. The van der Waals surface area contributed by atoms with Crippen molar-refractivity contribution < 1.29 is 4.84 Å². The molecular weight excluding hydrogens is 104 g/mol. The molecule has 0 spiro atoms. The Bertz CT molecular complexity index is 70.8. The lowest BCUT2D eigenvalue weighted by Gasteiger charge is -1.92. The summed E-state index contributed by atoms with van der Waals surface area (Å²) in [5.41, 5.74) is 5.30. The van der Waals surface area contributed by atoms with E-state index in [1.165, 1.54) is 0 Å². The molecule has 48 valence electrons. The van der Waals surface area contributed by atoms with Crippen molar-refractivity contribution in [2.75, 3.05) is 6.61 Å². The molecular formula is C5H12N2O. The van der Waals surface area contributed by atoms with Crippen LogP contribution in [0.2, 0.25) is 0 Å². The van der Waals surface area contributed by atoms with Gasteiger partial charge in [0.05, 0.1) is 6.21 Å². The third kappa shape index (κ3) is 5.43. The monoisotopic (exact) mass is 116 g/mol. The van der Waals surface area contributed by atoms with Gasteiger partial charge in [-0.1, -0.05) is 5.16 Å². The summed E-state index contributed by atoms with van der Waals surface area (Å²) in [5.74, 6) is 0. The highest BCUT2D eigenvalue weighted by Gasteiger charge is 1.81. The number of nitrogens with two attached hydrogens (primary N) is 1. The molecule has 0 aliphatic carbocycles. The minimum Gasteiger partial charge on any atom is -0.396 e. The van der Waals surface area contributed by atoms with Crippen LogP contribution in [0.5, 0.6) is 0 Å². The summed E-state index contributed by atoms with van der Waals surface area (Å²) in [6.07, 6.45) is 1.56. The third-order valence-corrected chi connectivity index (χ3v) is 0.500. The van der Waals surface area contributed by atoms with E-state index >= 15 is 0 Å². The second-order valence-electron chi connectivity index (χ2n) is 1.53. The molecule has 0 aromatic carbocycles. The molecule has 3 heteroatoms. The smallest absolute Gasteiger partial charge is 0.114 e. The second-order valence-corrected chi connectivity index (χ2v) is 1.53. The van der Waals surface area contributed by atoms with Gasteiger partial charge in [0.1, 0.15) is 6.61 Å². The summed E-state index contributed by atoms with van der Waals surface area (Å²) >= 11 is 0. The van der Waals surface area contributed by atoms with E-state index in [9.17, 15) is 0 Å². The minimum absolute atomic E-state index is 0.0125. The number of rotatable bonds is 3. The fourth-order valence-electron chi connectivity index (χ4n) is 0.214. The Morgan fingerprint density at radius 3 is 2.88 bits per heavy atom. The fraction of sp³-hybridized carbons (Fsp3) is 0.800. The van der Waals surface area contributed by atoms with Gasteiger partial charge < -0.3 is 10.6 Å². The standard InChI is InChI=1S/C5H12N2O/c1-3-8-7-4-5(2)6/h4-5H,3,6H2,1-2H3/b7-4+. The fourth-order valence-corrected chi connectivity index (χ4v) is 0.214. The molecule has 0 aromatic heterocycles. The highest BCUT2D eigenvalue weighted by atomic mass is 16.6. The van der Waals surface area contributed by atoms with Crippen LogP contribution in [0.3, 0.4) is 0 Å². The first kappa shape index (κ1) is 7.43. The molecule has 8 heavy (non-hydrogen) atoms. The van der Waals surface area contributed by atoms with Crippen molar-refractivity contribution in [2.24, 2.45) is 10.9 Å². The molecule has 0 heterocycles. The van der Waals surface area contributed by atoms with Crippen LogP contribution >= 0.6 is 0 Å². The molecule has 3 nitrogen and oxygen atoms in total. The lowest BCUT2D eigenvalue weighted by molar-refractivity contribution is 0.159. The van der Waals surface area contributed by atoms with Gasteiger partial charge in [-0.25, -0.2) is 0 Å². The minimum atomic E-state index is -0.0125. The first-order valence-electron chi connectivity index (χ1n) is 2.68. The van der Waals surface area contributed by atoms with Gasteiger partial charge in [-0.2, -0.15) is 0 Å². The van der Waals surface area contributed by atoms with Crippen molar-refractivity contribution in [3.63, 3.8) is 0 Å². The lowest BCUT2D eigenvalue weighted by atomic mass is 10.4. The Labute approximate surface area is 49.5 Å². The zero-order valence-corrected chi connectivity index (χ0v) is 5.29. The van der Waals surface area contributed by atoms with Gasteiger partial charge >= 0.3 is 0 Å². The first-order valence-corrected chi connectivity index (χ1v) is 2.68. The van der Waals surface area contributed by atoms with E-state index < -0.39 is 0 Å². The van der Waals surface area contributed by atoms with Crippen molar-refractivity contribution in [1.29, 1.82) is 0 Å². The van der Waals surface area contributed by atoms with Gasteiger partial charge in [-0.3, -0.25) is 0 Å². The predicted molar refractivity (Wildman–Crippen MR) is 33.8 cm³/mol. The molecule has 2 N–H and O–H groups in total. The average Bonchev–Trinajstić information content (AvgIpc) is 1.66. The van der Waals surface area contributed by atoms with Crippen molar-refractivity contribution >= 4 is 6.21 Å². The topological polar surface area (TPSA) is 47.6 Å². The van der Waals surface area contributed by atoms with Crippen molar-refractivity contribution in [1.82, 2.24) is 0 Å². The van der Waals surface area contributed by atoms with E-state index in [0.29, 0.717) is 6.61 Å². The normalized spacial score (nSPS) is 14.4. The molecule has 0 saturated heterocycles. The van der Waals surface area contributed by atoms with E-state index in [1.807, 2.05) is 13.8 Å². The Hall–Kier alpha value is -0.570. The van der Waals surface area contributed by atoms with Crippen molar-refractivity contribution in [3.05, 3.63) is 0 Å². The van der Waals surface area contributed by atoms with Crippen LogP contribution in [0.15, 0.2) is 5.16 Å². The second kappa shape index (κ2) is 4.59. The molecule has 1 unspecified atom stereocenters. The van der Waals surface area contributed by atoms with Gasteiger partial charge in [0.15, 0.2) is 0 Å². The maximum Gasteiger partial charge on any atom is 0.114 e. The van der Waals surface area contributed by atoms with Crippen molar-refractivity contribution in [3.8, 4) is 0 Å². The van der Waals surface area contributed by atoms with E-state index in [0.717, 1.165) is 0 Å². The largest absolute Gasteiger partial charge is 0.396 e. The maximum absolute atomic E-state index is 5.30. The summed E-state index contributed by atoms with van der Waals surface area (Å²) < 4.78 is 0. The maximum atomic E-state index is 5.30. The zero-order chi connectivity index (χ0) is 6.41. The molecule has 0 amide bonds. The highest BCUT2D eigenvalue weighted by molar-refractivity contribution is 5.62. The summed E-state index contributed by atoms with van der Waals surface area (Å²) in [7, 11) is 0. The van der Waals surface area contributed by atoms with Gasteiger partial charge in [0.2, 0.25) is 0 Å². The number of hydrogen-bond acceptors (Lipinski definition) is 3. The molecule has 0 fully saturated rings. The van der Waals surface area contributed by atoms with Crippen LogP contribution in [-0.4, -0.2) is 18.9 Å². The average molecular weight is 116 g/mol. The number of hydrogen-bond donors (Lipinski definition) is 1. The third-order valence-electron chi connectivity index (χ3n) is 0.500. The highest BCUT2D eigenvalue weighted by Crippen LogP contribution is 1.72. The van der Waals surface area contributed by atoms with Crippen LogP contribution in [0.4, 0.5) is 0 Å². The van der Waals surface area contributed by atoms with Crippen LogP contribution in [0.25, 0.3) is 0 Å². The molecule has 1 atom stereocenters. The Balaban J connectivity index is 3.07. The molecule has 0 saturated carbocycles. The first-order chi connectivity index (χ1) is 3.77. The molecule has 0 radical (unpaired) electrons. The number of oxime groups is 1. The molecule has 0 aliphatic rings. The molecule has 0 bridgehead atoms. The Kier molecular flexibility index (Phi) is 4.26. The van der Waals surface area contributed by atoms with Crippen LogP contribution in [0.1, 0.15) is 13.8 Å². The van der Waals surface area contributed by atoms with Gasteiger partial charge in [-0.05, 0) is 13.8 Å². The number of nitrogens with zero attached hydrogens (tertiary/aromatic N) is 1. The Morgan fingerprint density at radius 1 is 1.88 bits per heavy atom. The van der Waals surface area contributed by atoms with E-state index in [4.69, 9.17) is 5.73 Å². The molecule has 0 rings (SSSR count). The zero-order valence-electron chi connectivity index (χ0n) is 5.29. The van der Waals surface area contributed by atoms with E-state index in [-0.39, 0.29) is 6.04 Å². The van der Waals surface area contributed by atoms with Gasteiger partial charge in [0, 0.05) is 6.04 Å². The molecule has 0 aliphatic heterocycles. The molecule has 0 aromatic rings. The summed E-state index contributed by atoms with van der Waals surface area (Å²) in [6.45, 7) is 4.31. The van der Waals surface area contributed by atoms with Gasteiger partial charge in [-0.15, -0.1) is 0 Å². The van der Waals surface area contributed by atoms with Crippen LogP contribution in [-0.2, 0) is 4.84 Å². The van der Waals surface area contributed by atoms with Crippen LogP contribution in [0, 0.1) is 0 Å². The van der Waals surface area contributed by atoms with E-state index in [1.54, 1.807) is 6.21 Å². The Morgan fingerprint density at radius 2 is 2.50 bits per heavy atom. The predicted octanol–water partition coefficient (Wildman–Crippen LogP) is 0.356. The van der Waals surface area contributed by atoms with Crippen LogP contribution < -0.4 is 5.73 Å². The quantitative estimate of drug-likeness (QED) is 0.427. The van der Waals surface area contributed by atoms with Gasteiger partial charge in [0.25, 0.3) is 0 Å². The van der Waals surface area contributed by atoms with E-state index in [2.05, 4.69) is 9.99 Å². The summed E-state index contributed by atoms with van der Waals surface area (Å²) in [5, 5.41) is 3.54.